The molecule has 1 aliphatic rings. The van der Waals surface area contributed by atoms with Gasteiger partial charge < -0.3 is 9.88 Å². The highest BCUT2D eigenvalue weighted by atomic mass is 35.5. The number of fused-ring (bicyclic) bond motifs is 1. The van der Waals surface area contributed by atoms with E-state index in [0.29, 0.717) is 11.2 Å². The Morgan fingerprint density at radius 2 is 2.29 bits per heavy atom. The fourth-order valence-electron chi connectivity index (χ4n) is 2.15. The van der Waals surface area contributed by atoms with Gasteiger partial charge in [-0.3, -0.25) is 0 Å². The molecule has 0 saturated carbocycles. The summed E-state index contributed by atoms with van der Waals surface area (Å²) in [5.41, 5.74) is 1.63. The lowest BCUT2D eigenvalue weighted by atomic mass is 10.1. The van der Waals surface area contributed by atoms with Crippen molar-refractivity contribution in [3.8, 4) is 0 Å². The predicted molar refractivity (Wildman–Crippen MR) is 68.7 cm³/mol. The second kappa shape index (κ2) is 5.16. The fourth-order valence-corrected chi connectivity index (χ4v) is 2.29. The van der Waals surface area contributed by atoms with E-state index in [9.17, 15) is 0 Å². The van der Waals surface area contributed by atoms with E-state index >= 15 is 0 Å². The highest BCUT2D eigenvalue weighted by molar-refractivity contribution is 6.29. The van der Waals surface area contributed by atoms with Gasteiger partial charge in [0.2, 0.25) is 0 Å². The van der Waals surface area contributed by atoms with Crippen molar-refractivity contribution in [3.05, 3.63) is 17.5 Å². The van der Waals surface area contributed by atoms with Crippen LogP contribution >= 0.6 is 24.0 Å². The molecule has 0 aliphatic carbocycles. The van der Waals surface area contributed by atoms with E-state index < -0.39 is 0 Å². The third-order valence-corrected chi connectivity index (χ3v) is 3.14. The Balaban J connectivity index is 0.00000108. The first-order chi connectivity index (χ1) is 7.84. The Hall–Kier alpha value is -0.910. The number of hydrogen-bond acceptors (Lipinski definition) is 4. The van der Waals surface area contributed by atoms with Crippen molar-refractivity contribution >= 4 is 35.2 Å². The van der Waals surface area contributed by atoms with Gasteiger partial charge in [0.1, 0.15) is 5.52 Å². The number of halogens is 2. The van der Waals surface area contributed by atoms with Gasteiger partial charge in [-0.25, -0.2) is 4.98 Å². The second-order valence-electron chi connectivity index (χ2n) is 4.03. The van der Waals surface area contributed by atoms with Gasteiger partial charge in [0.25, 0.3) is 0 Å². The number of nitrogens with zero attached hydrogens (tertiary/aromatic N) is 4. The summed E-state index contributed by atoms with van der Waals surface area (Å²) in [5, 5.41) is 11.7. The van der Waals surface area contributed by atoms with Crippen LogP contribution in [0.15, 0.2) is 12.4 Å². The summed E-state index contributed by atoms with van der Waals surface area (Å²) >= 11 is 5.78. The molecule has 2 aromatic rings. The summed E-state index contributed by atoms with van der Waals surface area (Å²) in [4.78, 5) is 4.30. The first-order valence-corrected chi connectivity index (χ1v) is 5.79. The second-order valence-corrected chi connectivity index (χ2v) is 4.42. The van der Waals surface area contributed by atoms with Crippen molar-refractivity contribution in [1.29, 1.82) is 0 Å². The number of piperidine rings is 1. The SMILES string of the molecule is Cl.Clc1cc2ncn([C@@H]3CCCNC3)c2nn1. The standard InChI is InChI=1S/C10H12ClN5.ClH/c11-9-4-8-10(15-14-9)16(6-13-8)7-2-1-3-12-5-7;/h4,6-7,12H,1-3,5H2;1H/t7-;/m1./s1. The highest BCUT2D eigenvalue weighted by Crippen LogP contribution is 2.21. The van der Waals surface area contributed by atoms with Crippen molar-refractivity contribution in [2.24, 2.45) is 0 Å². The Morgan fingerprint density at radius 3 is 3.06 bits per heavy atom. The van der Waals surface area contributed by atoms with Gasteiger partial charge >= 0.3 is 0 Å². The molecule has 3 rings (SSSR count). The molecule has 0 aromatic carbocycles. The summed E-state index contributed by atoms with van der Waals surface area (Å²) in [6.45, 7) is 2.07. The zero-order valence-electron chi connectivity index (χ0n) is 9.14. The zero-order chi connectivity index (χ0) is 11.0. The molecule has 1 saturated heterocycles. The maximum Gasteiger partial charge on any atom is 0.182 e. The molecular formula is C10H13Cl2N5. The van der Waals surface area contributed by atoms with E-state index in [1.165, 1.54) is 6.42 Å². The smallest absolute Gasteiger partial charge is 0.182 e. The number of aromatic nitrogens is 4. The lowest BCUT2D eigenvalue weighted by Gasteiger charge is -2.23. The van der Waals surface area contributed by atoms with Gasteiger partial charge in [-0.1, -0.05) is 11.6 Å². The Labute approximate surface area is 110 Å². The average molecular weight is 274 g/mol. The van der Waals surface area contributed by atoms with Crippen molar-refractivity contribution in [2.45, 2.75) is 18.9 Å². The zero-order valence-corrected chi connectivity index (χ0v) is 10.7. The van der Waals surface area contributed by atoms with Gasteiger partial charge in [0.15, 0.2) is 10.8 Å². The third kappa shape index (κ3) is 2.36. The molecule has 3 heterocycles. The molecule has 1 atom stereocenters. The van der Waals surface area contributed by atoms with Gasteiger partial charge in [-0.15, -0.1) is 22.6 Å². The molecule has 1 fully saturated rings. The molecule has 0 spiro atoms. The van der Waals surface area contributed by atoms with E-state index in [1.807, 2.05) is 6.33 Å². The molecular weight excluding hydrogens is 261 g/mol. The van der Waals surface area contributed by atoms with Crippen molar-refractivity contribution < 1.29 is 0 Å². The molecule has 0 amide bonds. The summed E-state index contributed by atoms with van der Waals surface area (Å²) in [7, 11) is 0. The minimum atomic E-state index is 0. The van der Waals surface area contributed by atoms with Crippen LogP contribution in [0.25, 0.3) is 11.2 Å². The summed E-state index contributed by atoms with van der Waals surface area (Å²) in [5.74, 6) is 0. The quantitative estimate of drug-likeness (QED) is 0.862. The van der Waals surface area contributed by atoms with Crippen LogP contribution in [-0.2, 0) is 0 Å². The van der Waals surface area contributed by atoms with E-state index in [0.717, 1.165) is 30.7 Å². The molecule has 17 heavy (non-hydrogen) atoms. The van der Waals surface area contributed by atoms with Gasteiger partial charge in [0, 0.05) is 18.7 Å². The average Bonchev–Trinajstić information content (AvgIpc) is 2.73. The van der Waals surface area contributed by atoms with Crippen LogP contribution in [-0.4, -0.2) is 32.8 Å². The maximum absolute atomic E-state index is 5.78. The van der Waals surface area contributed by atoms with Crippen LogP contribution in [0.3, 0.4) is 0 Å². The number of nitrogens with one attached hydrogen (secondary N) is 1. The van der Waals surface area contributed by atoms with Crippen LogP contribution in [0.5, 0.6) is 0 Å². The molecule has 1 aliphatic heterocycles. The third-order valence-electron chi connectivity index (χ3n) is 2.96. The molecule has 0 bridgehead atoms. The molecule has 92 valence electrons. The summed E-state index contributed by atoms with van der Waals surface area (Å²) < 4.78 is 2.09. The van der Waals surface area contributed by atoms with Crippen LogP contribution in [0.4, 0.5) is 0 Å². The van der Waals surface area contributed by atoms with E-state index in [-0.39, 0.29) is 12.4 Å². The number of imidazole rings is 1. The monoisotopic (exact) mass is 273 g/mol. The highest BCUT2D eigenvalue weighted by Gasteiger charge is 2.17. The molecule has 2 aromatic heterocycles. The largest absolute Gasteiger partial charge is 0.315 e. The minimum absolute atomic E-state index is 0. The number of hydrogen-bond donors (Lipinski definition) is 1. The van der Waals surface area contributed by atoms with Crippen LogP contribution in [0.1, 0.15) is 18.9 Å². The maximum atomic E-state index is 5.78. The molecule has 7 heteroatoms. The van der Waals surface area contributed by atoms with Crippen LogP contribution in [0, 0.1) is 0 Å². The molecule has 0 unspecified atom stereocenters. The van der Waals surface area contributed by atoms with E-state index in [2.05, 4.69) is 25.1 Å². The number of rotatable bonds is 1. The predicted octanol–water partition coefficient (Wildman–Crippen LogP) is 1.83. The minimum Gasteiger partial charge on any atom is -0.315 e. The lowest BCUT2D eigenvalue weighted by molar-refractivity contribution is 0.376. The van der Waals surface area contributed by atoms with Crippen molar-refractivity contribution in [2.75, 3.05) is 13.1 Å². The Bertz CT molecular complexity index is 506. The topological polar surface area (TPSA) is 55.6 Å². The normalized spacial score (nSPS) is 20.2. The summed E-state index contributed by atoms with van der Waals surface area (Å²) in [6, 6.07) is 2.17. The van der Waals surface area contributed by atoms with E-state index in [1.54, 1.807) is 6.07 Å². The molecule has 0 radical (unpaired) electrons. The lowest BCUT2D eigenvalue weighted by Crippen LogP contribution is -2.31. The first kappa shape index (κ1) is 12.5. The summed E-state index contributed by atoms with van der Waals surface area (Å²) in [6.07, 6.45) is 4.17. The fraction of sp³-hybridized carbons (Fsp3) is 0.500. The molecule has 1 N–H and O–H groups in total. The van der Waals surface area contributed by atoms with Crippen LogP contribution < -0.4 is 5.32 Å². The van der Waals surface area contributed by atoms with E-state index in [4.69, 9.17) is 11.6 Å². The van der Waals surface area contributed by atoms with Gasteiger partial charge in [-0.05, 0) is 19.4 Å². The molecule has 5 nitrogen and oxygen atoms in total. The van der Waals surface area contributed by atoms with Crippen molar-refractivity contribution in [3.63, 3.8) is 0 Å². The Morgan fingerprint density at radius 1 is 1.41 bits per heavy atom. The van der Waals surface area contributed by atoms with Gasteiger partial charge in [-0.2, -0.15) is 0 Å². The first-order valence-electron chi connectivity index (χ1n) is 5.41. The van der Waals surface area contributed by atoms with Gasteiger partial charge in [0.05, 0.1) is 6.33 Å². The van der Waals surface area contributed by atoms with Crippen molar-refractivity contribution in [1.82, 2.24) is 25.1 Å². The van der Waals surface area contributed by atoms with Crippen LogP contribution in [0.2, 0.25) is 5.15 Å². The Kier molecular flexibility index (Phi) is 3.81.